The minimum Gasteiger partial charge on any atom is -0.481 e. The second-order valence-corrected chi connectivity index (χ2v) is 5.55. The molecule has 0 aromatic heterocycles. The second kappa shape index (κ2) is 5.77. The Morgan fingerprint density at radius 2 is 2.00 bits per heavy atom. The molecule has 6 heteroatoms. The highest BCUT2D eigenvalue weighted by Crippen LogP contribution is 2.30. The Morgan fingerprint density at radius 3 is 2.47 bits per heavy atom. The molecule has 2 N–H and O–H groups in total. The van der Waals surface area contributed by atoms with Crippen LogP contribution in [0.3, 0.4) is 0 Å². The van der Waals surface area contributed by atoms with E-state index in [-0.39, 0.29) is 12.6 Å². The quantitative estimate of drug-likeness (QED) is 0.800. The van der Waals surface area contributed by atoms with Crippen molar-refractivity contribution in [1.29, 1.82) is 0 Å². The van der Waals surface area contributed by atoms with Gasteiger partial charge in [-0.05, 0) is 32.1 Å². The van der Waals surface area contributed by atoms with E-state index in [0.29, 0.717) is 32.1 Å². The average molecular weight is 270 g/mol. The summed E-state index contributed by atoms with van der Waals surface area (Å²) >= 11 is 0. The maximum atomic E-state index is 12.0. The van der Waals surface area contributed by atoms with Gasteiger partial charge < -0.3 is 20.1 Å². The van der Waals surface area contributed by atoms with E-state index < -0.39 is 11.4 Å². The summed E-state index contributed by atoms with van der Waals surface area (Å²) in [5.41, 5.74) is -0.867. The van der Waals surface area contributed by atoms with E-state index in [0.717, 1.165) is 12.8 Å². The van der Waals surface area contributed by atoms with Crippen LogP contribution < -0.4 is 5.32 Å². The van der Waals surface area contributed by atoms with Crippen LogP contribution in [-0.4, -0.2) is 54.9 Å². The van der Waals surface area contributed by atoms with Gasteiger partial charge in [-0.15, -0.1) is 0 Å². The smallest absolute Gasteiger partial charge is 0.317 e. The summed E-state index contributed by atoms with van der Waals surface area (Å²) < 4.78 is 5.21. The Labute approximate surface area is 113 Å². The highest BCUT2D eigenvalue weighted by Gasteiger charge is 2.41. The molecule has 0 aromatic rings. The van der Waals surface area contributed by atoms with E-state index in [1.54, 1.807) is 11.9 Å². The number of urea groups is 1. The van der Waals surface area contributed by atoms with Gasteiger partial charge >= 0.3 is 12.0 Å². The molecule has 1 heterocycles. The summed E-state index contributed by atoms with van der Waals surface area (Å²) in [5, 5.41) is 12.2. The molecule has 2 rings (SSSR count). The van der Waals surface area contributed by atoms with Crippen molar-refractivity contribution in [3.8, 4) is 0 Å². The molecule has 0 atom stereocenters. The molecule has 1 aliphatic carbocycles. The van der Waals surface area contributed by atoms with Gasteiger partial charge in [0.15, 0.2) is 0 Å². The van der Waals surface area contributed by atoms with Crippen LogP contribution >= 0.6 is 0 Å². The third-order valence-electron chi connectivity index (χ3n) is 4.42. The zero-order valence-electron chi connectivity index (χ0n) is 11.4. The molecule has 0 spiro atoms. The number of carboxylic acid groups (broad SMARTS) is 1. The van der Waals surface area contributed by atoms with Gasteiger partial charge in [0.25, 0.3) is 0 Å². The Kier molecular flexibility index (Phi) is 4.29. The summed E-state index contributed by atoms with van der Waals surface area (Å²) in [7, 11) is 1.77. The second-order valence-electron chi connectivity index (χ2n) is 5.55. The van der Waals surface area contributed by atoms with Crippen molar-refractivity contribution in [2.75, 3.05) is 26.8 Å². The molecule has 6 nitrogen and oxygen atoms in total. The molecule has 0 unspecified atom stereocenters. The number of carbonyl (C=O) groups is 2. The van der Waals surface area contributed by atoms with Gasteiger partial charge in [-0.3, -0.25) is 4.79 Å². The standard InChI is InChI=1S/C13H22N2O4/c1-15(10-3-2-4-10)12(18)14-9-13(11(16)17)5-7-19-8-6-13/h10H,2-9H2,1H3,(H,14,18)(H,16,17). The zero-order valence-corrected chi connectivity index (χ0v) is 11.4. The van der Waals surface area contributed by atoms with Crippen LogP contribution in [-0.2, 0) is 9.53 Å². The topological polar surface area (TPSA) is 78.9 Å². The van der Waals surface area contributed by atoms with Crippen molar-refractivity contribution in [1.82, 2.24) is 10.2 Å². The normalized spacial score (nSPS) is 22.4. The maximum absolute atomic E-state index is 12.0. The minimum absolute atomic E-state index is 0.170. The van der Waals surface area contributed by atoms with E-state index in [1.807, 2.05) is 0 Å². The number of carboxylic acids is 1. The molecule has 2 amide bonds. The van der Waals surface area contributed by atoms with E-state index in [4.69, 9.17) is 4.74 Å². The van der Waals surface area contributed by atoms with E-state index in [9.17, 15) is 14.7 Å². The lowest BCUT2D eigenvalue weighted by Crippen LogP contribution is -2.52. The van der Waals surface area contributed by atoms with Crippen LogP contribution in [0.1, 0.15) is 32.1 Å². The Balaban J connectivity index is 1.87. The van der Waals surface area contributed by atoms with Gasteiger partial charge in [0.05, 0.1) is 5.41 Å². The molecular weight excluding hydrogens is 248 g/mol. The fourth-order valence-corrected chi connectivity index (χ4v) is 2.54. The fraction of sp³-hybridized carbons (Fsp3) is 0.846. The van der Waals surface area contributed by atoms with E-state index in [1.165, 1.54) is 6.42 Å². The van der Waals surface area contributed by atoms with Gasteiger partial charge in [0.2, 0.25) is 0 Å². The van der Waals surface area contributed by atoms with Crippen LogP contribution in [0.4, 0.5) is 4.79 Å². The number of hydrogen-bond acceptors (Lipinski definition) is 3. The SMILES string of the molecule is CN(C(=O)NCC1(C(=O)O)CCOCC1)C1CCC1. The molecule has 108 valence electrons. The highest BCUT2D eigenvalue weighted by molar-refractivity contribution is 5.78. The average Bonchev–Trinajstić information content (AvgIpc) is 2.34. The first kappa shape index (κ1) is 14.1. The molecular formula is C13H22N2O4. The summed E-state index contributed by atoms with van der Waals surface area (Å²) in [4.78, 5) is 25.1. The van der Waals surface area contributed by atoms with Crippen molar-refractivity contribution in [3.05, 3.63) is 0 Å². The molecule has 2 aliphatic rings. The molecule has 0 aromatic carbocycles. The first-order valence-corrected chi connectivity index (χ1v) is 6.87. The minimum atomic E-state index is -0.867. The van der Waals surface area contributed by atoms with E-state index in [2.05, 4.69) is 5.32 Å². The van der Waals surface area contributed by atoms with Gasteiger partial charge in [-0.2, -0.15) is 0 Å². The van der Waals surface area contributed by atoms with Crippen molar-refractivity contribution < 1.29 is 19.4 Å². The molecule has 0 bridgehead atoms. The highest BCUT2D eigenvalue weighted by atomic mass is 16.5. The van der Waals surface area contributed by atoms with Gasteiger partial charge in [0, 0.05) is 32.8 Å². The van der Waals surface area contributed by atoms with Crippen LogP contribution in [0.25, 0.3) is 0 Å². The molecule has 1 saturated carbocycles. The fourth-order valence-electron chi connectivity index (χ4n) is 2.54. The molecule has 19 heavy (non-hydrogen) atoms. The zero-order chi connectivity index (χ0) is 13.9. The summed E-state index contributed by atoms with van der Waals surface area (Å²) in [6.45, 7) is 1.07. The summed E-state index contributed by atoms with van der Waals surface area (Å²) in [6.07, 6.45) is 4.16. The number of nitrogens with zero attached hydrogens (tertiary/aromatic N) is 1. The number of aliphatic carboxylic acids is 1. The molecule has 1 saturated heterocycles. The van der Waals surface area contributed by atoms with Crippen LogP contribution in [0.15, 0.2) is 0 Å². The maximum Gasteiger partial charge on any atom is 0.317 e. The number of nitrogens with one attached hydrogen (secondary N) is 1. The number of hydrogen-bond donors (Lipinski definition) is 2. The van der Waals surface area contributed by atoms with Crippen molar-refractivity contribution in [3.63, 3.8) is 0 Å². The summed E-state index contributed by atoms with van der Waals surface area (Å²) in [6, 6.07) is 0.146. The summed E-state index contributed by atoms with van der Waals surface area (Å²) in [5.74, 6) is -0.845. The van der Waals surface area contributed by atoms with Crippen molar-refractivity contribution in [2.24, 2.45) is 5.41 Å². The first-order chi connectivity index (χ1) is 9.05. The van der Waals surface area contributed by atoms with E-state index >= 15 is 0 Å². The molecule has 2 fully saturated rings. The monoisotopic (exact) mass is 270 g/mol. The van der Waals surface area contributed by atoms with Gasteiger partial charge in [0.1, 0.15) is 0 Å². The Bertz CT molecular complexity index is 349. The molecule has 1 aliphatic heterocycles. The van der Waals surface area contributed by atoms with Crippen LogP contribution in [0.5, 0.6) is 0 Å². The van der Waals surface area contributed by atoms with Crippen LogP contribution in [0, 0.1) is 5.41 Å². The number of carbonyl (C=O) groups excluding carboxylic acids is 1. The number of amides is 2. The first-order valence-electron chi connectivity index (χ1n) is 6.87. The largest absolute Gasteiger partial charge is 0.481 e. The lowest BCUT2D eigenvalue weighted by Gasteiger charge is -2.37. The van der Waals surface area contributed by atoms with Crippen molar-refractivity contribution >= 4 is 12.0 Å². The third-order valence-corrected chi connectivity index (χ3v) is 4.42. The van der Waals surface area contributed by atoms with Gasteiger partial charge in [-0.25, -0.2) is 4.79 Å². The Hall–Kier alpha value is -1.30. The van der Waals surface area contributed by atoms with Gasteiger partial charge in [-0.1, -0.05) is 0 Å². The molecule has 0 radical (unpaired) electrons. The van der Waals surface area contributed by atoms with Crippen molar-refractivity contribution in [2.45, 2.75) is 38.1 Å². The number of ether oxygens (including phenoxy) is 1. The van der Waals surface area contributed by atoms with Crippen LogP contribution in [0.2, 0.25) is 0 Å². The third kappa shape index (κ3) is 3.00. The predicted octanol–water partition coefficient (Wildman–Crippen LogP) is 1.06. The predicted molar refractivity (Wildman–Crippen MR) is 68.9 cm³/mol. The number of rotatable bonds is 4. The lowest BCUT2D eigenvalue weighted by atomic mass is 9.80. The lowest BCUT2D eigenvalue weighted by molar-refractivity contribution is -0.154. The Morgan fingerprint density at radius 1 is 1.37 bits per heavy atom.